The number of rotatable bonds is 5. The third-order valence-corrected chi connectivity index (χ3v) is 4.18. The van der Waals surface area contributed by atoms with Crippen LogP contribution >= 0.6 is 0 Å². The first-order chi connectivity index (χ1) is 10.3. The second kappa shape index (κ2) is 6.14. The van der Waals surface area contributed by atoms with Crippen LogP contribution in [-0.4, -0.2) is 19.0 Å². The van der Waals surface area contributed by atoms with Crippen LogP contribution in [0.4, 0.5) is 0 Å². The van der Waals surface area contributed by atoms with Crippen LogP contribution in [0.2, 0.25) is 0 Å². The van der Waals surface area contributed by atoms with E-state index in [-0.39, 0.29) is 17.9 Å². The first-order valence-corrected chi connectivity index (χ1v) is 7.35. The molecule has 1 aliphatic rings. The Morgan fingerprint density at radius 2 is 2.00 bits per heavy atom. The molecule has 2 heterocycles. The predicted molar refractivity (Wildman–Crippen MR) is 80.7 cm³/mol. The molecule has 0 radical (unpaired) electrons. The molecule has 0 spiro atoms. The zero-order valence-electron chi connectivity index (χ0n) is 12.1. The minimum atomic E-state index is -0.232. The van der Waals surface area contributed by atoms with Gasteiger partial charge in [-0.3, -0.25) is 4.79 Å². The van der Waals surface area contributed by atoms with Crippen LogP contribution in [-0.2, 0) is 4.79 Å². The number of furan rings is 1. The Labute approximate surface area is 124 Å². The van der Waals surface area contributed by atoms with E-state index in [1.807, 2.05) is 49.4 Å². The average molecular weight is 284 g/mol. The van der Waals surface area contributed by atoms with Gasteiger partial charge in [-0.05, 0) is 36.7 Å². The molecule has 0 bridgehead atoms. The lowest BCUT2D eigenvalue weighted by Gasteiger charge is -2.32. The van der Waals surface area contributed by atoms with Crippen LogP contribution in [0.25, 0.3) is 0 Å². The smallest absolute Gasteiger partial charge is 0.224 e. The molecule has 0 aliphatic carbocycles. The Hall–Kier alpha value is -2.07. The van der Waals surface area contributed by atoms with Crippen LogP contribution in [0.1, 0.15) is 24.3 Å². The number of nitrogens with one attached hydrogen (secondary N) is 2. The van der Waals surface area contributed by atoms with Gasteiger partial charge in [0.05, 0.1) is 6.26 Å². The van der Waals surface area contributed by atoms with Crippen molar-refractivity contribution in [1.82, 2.24) is 10.6 Å². The van der Waals surface area contributed by atoms with Gasteiger partial charge in [0.15, 0.2) is 0 Å². The van der Waals surface area contributed by atoms with Gasteiger partial charge < -0.3 is 15.1 Å². The summed E-state index contributed by atoms with van der Waals surface area (Å²) >= 11 is 0. The third-order valence-electron chi connectivity index (χ3n) is 4.18. The number of hydrogen-bond acceptors (Lipinski definition) is 3. The highest BCUT2D eigenvalue weighted by Crippen LogP contribution is 2.24. The van der Waals surface area contributed by atoms with E-state index in [0.29, 0.717) is 5.92 Å². The fourth-order valence-electron chi connectivity index (χ4n) is 2.57. The normalized spacial score (nSPS) is 17.8. The summed E-state index contributed by atoms with van der Waals surface area (Å²) in [6.45, 7) is 3.84. The Bertz CT molecular complexity index is 576. The molecule has 2 atom stereocenters. The van der Waals surface area contributed by atoms with Crippen LogP contribution in [0, 0.1) is 11.8 Å². The number of benzene rings is 1. The summed E-state index contributed by atoms with van der Waals surface area (Å²) in [5, 5.41) is 6.34. The highest BCUT2D eigenvalue weighted by atomic mass is 16.3. The highest BCUT2D eigenvalue weighted by molar-refractivity contribution is 5.79. The molecule has 1 fully saturated rings. The van der Waals surface area contributed by atoms with Crippen molar-refractivity contribution in [2.75, 3.05) is 13.1 Å². The van der Waals surface area contributed by atoms with Crippen molar-refractivity contribution in [1.29, 1.82) is 0 Å². The molecule has 1 amide bonds. The lowest BCUT2D eigenvalue weighted by atomic mass is 9.88. The Morgan fingerprint density at radius 3 is 2.57 bits per heavy atom. The Balaban J connectivity index is 1.78. The van der Waals surface area contributed by atoms with E-state index in [9.17, 15) is 4.79 Å². The second-order valence-corrected chi connectivity index (χ2v) is 5.57. The molecule has 2 N–H and O–H groups in total. The highest BCUT2D eigenvalue weighted by Gasteiger charge is 2.30. The zero-order valence-corrected chi connectivity index (χ0v) is 12.1. The maximum atomic E-state index is 12.5. The number of amides is 1. The molecule has 21 heavy (non-hydrogen) atoms. The van der Waals surface area contributed by atoms with Gasteiger partial charge in [0, 0.05) is 5.92 Å². The summed E-state index contributed by atoms with van der Waals surface area (Å²) in [4.78, 5) is 12.5. The number of hydrogen-bond donors (Lipinski definition) is 2. The van der Waals surface area contributed by atoms with Gasteiger partial charge in [-0.25, -0.2) is 0 Å². The molecular formula is C17H20N2O2. The monoisotopic (exact) mass is 284 g/mol. The molecule has 4 heteroatoms. The van der Waals surface area contributed by atoms with Gasteiger partial charge >= 0.3 is 0 Å². The molecule has 2 aromatic rings. The molecule has 1 aromatic carbocycles. The van der Waals surface area contributed by atoms with E-state index in [0.717, 1.165) is 24.4 Å². The van der Waals surface area contributed by atoms with Gasteiger partial charge in [0.25, 0.3) is 0 Å². The predicted octanol–water partition coefficient (Wildman–Crippen LogP) is 2.34. The van der Waals surface area contributed by atoms with Crippen molar-refractivity contribution in [2.24, 2.45) is 11.8 Å². The Morgan fingerprint density at radius 1 is 1.24 bits per heavy atom. The summed E-state index contributed by atoms with van der Waals surface area (Å²) in [6, 6.07) is 13.4. The van der Waals surface area contributed by atoms with Gasteiger partial charge in [0.1, 0.15) is 11.8 Å². The first-order valence-electron chi connectivity index (χ1n) is 7.35. The standard InChI is InChI=1S/C17H20N2O2/c1-12(14-10-18-11-14)17(20)19-16(15-8-5-9-21-15)13-6-3-2-4-7-13/h2-9,12,14,16,18H,10-11H2,1H3,(H,19,20). The van der Waals surface area contributed by atoms with Crippen LogP contribution in [0.3, 0.4) is 0 Å². The second-order valence-electron chi connectivity index (χ2n) is 5.57. The molecule has 110 valence electrons. The van der Waals surface area contributed by atoms with Gasteiger partial charge in [0.2, 0.25) is 5.91 Å². The molecular weight excluding hydrogens is 264 g/mol. The minimum Gasteiger partial charge on any atom is -0.467 e. The van der Waals surface area contributed by atoms with Crippen LogP contribution < -0.4 is 10.6 Å². The van der Waals surface area contributed by atoms with E-state index in [2.05, 4.69) is 10.6 Å². The maximum absolute atomic E-state index is 12.5. The summed E-state index contributed by atoms with van der Waals surface area (Å²) < 4.78 is 5.50. The summed E-state index contributed by atoms with van der Waals surface area (Å²) in [7, 11) is 0. The maximum Gasteiger partial charge on any atom is 0.224 e. The van der Waals surface area contributed by atoms with Crippen molar-refractivity contribution < 1.29 is 9.21 Å². The lowest BCUT2D eigenvalue weighted by molar-refractivity contribution is -0.127. The van der Waals surface area contributed by atoms with Gasteiger partial charge in [-0.1, -0.05) is 37.3 Å². The number of carbonyl (C=O) groups is 1. The van der Waals surface area contributed by atoms with Crippen molar-refractivity contribution in [3.8, 4) is 0 Å². The molecule has 1 aliphatic heterocycles. The van der Waals surface area contributed by atoms with Crippen molar-refractivity contribution in [2.45, 2.75) is 13.0 Å². The average Bonchev–Trinajstić information content (AvgIpc) is 2.97. The van der Waals surface area contributed by atoms with E-state index >= 15 is 0 Å². The molecule has 0 saturated carbocycles. The fraction of sp³-hybridized carbons (Fsp3) is 0.353. The zero-order chi connectivity index (χ0) is 14.7. The summed E-state index contributed by atoms with van der Waals surface area (Å²) in [5.74, 6) is 1.27. The van der Waals surface area contributed by atoms with Gasteiger partial charge in [-0.2, -0.15) is 0 Å². The van der Waals surface area contributed by atoms with Crippen molar-refractivity contribution >= 4 is 5.91 Å². The quantitative estimate of drug-likeness (QED) is 0.886. The fourth-order valence-corrected chi connectivity index (χ4v) is 2.57. The van der Waals surface area contributed by atoms with E-state index in [1.54, 1.807) is 6.26 Å². The first kappa shape index (κ1) is 13.9. The van der Waals surface area contributed by atoms with Crippen molar-refractivity contribution in [3.05, 3.63) is 60.1 Å². The topological polar surface area (TPSA) is 54.3 Å². The van der Waals surface area contributed by atoms with Crippen molar-refractivity contribution in [3.63, 3.8) is 0 Å². The lowest BCUT2D eigenvalue weighted by Crippen LogP contribution is -2.50. The third kappa shape index (κ3) is 3.00. The molecule has 4 nitrogen and oxygen atoms in total. The molecule has 3 rings (SSSR count). The molecule has 1 aromatic heterocycles. The molecule has 1 saturated heterocycles. The van der Waals surface area contributed by atoms with E-state index in [4.69, 9.17) is 4.42 Å². The summed E-state index contributed by atoms with van der Waals surface area (Å²) in [5.41, 5.74) is 1.03. The molecule has 2 unspecified atom stereocenters. The van der Waals surface area contributed by atoms with E-state index < -0.39 is 0 Å². The summed E-state index contributed by atoms with van der Waals surface area (Å²) in [6.07, 6.45) is 1.64. The largest absolute Gasteiger partial charge is 0.467 e. The minimum absolute atomic E-state index is 0.00687. The van der Waals surface area contributed by atoms with Crippen LogP contribution in [0.15, 0.2) is 53.1 Å². The van der Waals surface area contributed by atoms with Crippen LogP contribution in [0.5, 0.6) is 0 Å². The number of carbonyl (C=O) groups excluding carboxylic acids is 1. The SMILES string of the molecule is CC(C(=O)NC(c1ccccc1)c1ccco1)C1CNC1. The Kier molecular flexibility index (Phi) is 4.06. The van der Waals surface area contributed by atoms with Gasteiger partial charge in [-0.15, -0.1) is 0 Å². The van der Waals surface area contributed by atoms with E-state index in [1.165, 1.54) is 0 Å².